The molecule has 150 valence electrons. The fourth-order valence-corrected chi connectivity index (χ4v) is 6.52. The topological polar surface area (TPSA) is 35.6 Å². The van der Waals surface area contributed by atoms with E-state index < -0.39 is 0 Å². The molecule has 4 nitrogen and oxygen atoms in total. The summed E-state index contributed by atoms with van der Waals surface area (Å²) < 4.78 is 4.96. The summed E-state index contributed by atoms with van der Waals surface area (Å²) in [4.78, 5) is 9.14. The van der Waals surface area contributed by atoms with Crippen molar-refractivity contribution >= 4 is 61.5 Å². The summed E-state index contributed by atoms with van der Waals surface area (Å²) in [6, 6.07) is 28.9. The van der Waals surface area contributed by atoms with Crippen LogP contribution in [0.1, 0.15) is 0 Å². The van der Waals surface area contributed by atoms with Crippen LogP contribution in [-0.2, 0) is 0 Å². The summed E-state index contributed by atoms with van der Waals surface area (Å²) in [6.45, 7) is 0.0811. The number of hydrogen-bond acceptors (Lipinski definition) is 2. The van der Waals surface area contributed by atoms with Crippen LogP contribution in [0.5, 0.6) is 0 Å². The van der Waals surface area contributed by atoms with E-state index >= 15 is 0 Å². The van der Waals surface area contributed by atoms with Gasteiger partial charge in [-0.2, -0.15) is 0 Å². The average molecular weight is 418 g/mol. The van der Waals surface area contributed by atoms with Crippen molar-refractivity contribution in [2.45, 2.75) is 0 Å². The summed E-state index contributed by atoms with van der Waals surface area (Å²) in [5.41, 5.74) is 12.5. The fraction of sp³-hybridized carbons (Fsp3) is 0. The lowest BCUT2D eigenvalue weighted by Crippen LogP contribution is -2.55. The van der Waals surface area contributed by atoms with Gasteiger partial charge in [0.25, 0.3) is 0 Å². The van der Waals surface area contributed by atoms with E-state index in [0.29, 0.717) is 0 Å². The van der Waals surface area contributed by atoms with Gasteiger partial charge in [-0.15, -0.1) is 0 Å². The molecule has 2 aliphatic rings. The Labute approximate surface area is 188 Å². The molecule has 0 N–H and O–H groups in total. The number of benzene rings is 4. The molecule has 5 heteroatoms. The van der Waals surface area contributed by atoms with Crippen molar-refractivity contribution in [2.24, 2.45) is 0 Å². The van der Waals surface area contributed by atoms with E-state index in [2.05, 4.69) is 92.9 Å². The van der Waals surface area contributed by atoms with Crippen molar-refractivity contribution in [3.05, 3.63) is 91.4 Å². The van der Waals surface area contributed by atoms with Crippen LogP contribution >= 0.6 is 0 Å². The van der Waals surface area contributed by atoms with Gasteiger partial charge in [0, 0.05) is 32.9 Å². The molecule has 7 aromatic rings. The predicted octanol–water partition coefficient (Wildman–Crippen LogP) is 4.63. The van der Waals surface area contributed by atoms with Crippen molar-refractivity contribution in [2.75, 3.05) is 0 Å². The Morgan fingerprint density at radius 2 is 1.48 bits per heavy atom. The van der Waals surface area contributed by atoms with Crippen LogP contribution in [0.4, 0.5) is 0 Å². The van der Waals surface area contributed by atoms with Crippen LogP contribution in [0.25, 0.3) is 60.6 Å². The molecule has 9 rings (SSSR count). The SMILES string of the molecule is c1cc2c3c(c1)-n1c4ccccc4c4cccc(c41)B3n1c3cncnc3c3cccc-2c31. The Kier molecular flexibility index (Phi) is 2.63. The maximum atomic E-state index is 4.71. The summed E-state index contributed by atoms with van der Waals surface area (Å²) in [7, 11) is 0. The highest BCUT2D eigenvalue weighted by Crippen LogP contribution is 2.41. The second kappa shape index (κ2) is 5.33. The van der Waals surface area contributed by atoms with E-state index in [1.807, 2.05) is 6.20 Å². The van der Waals surface area contributed by atoms with Gasteiger partial charge < -0.3 is 9.05 Å². The van der Waals surface area contributed by atoms with Gasteiger partial charge in [-0.3, -0.25) is 0 Å². The zero-order valence-corrected chi connectivity index (χ0v) is 17.5. The number of para-hydroxylation sites is 3. The van der Waals surface area contributed by atoms with E-state index in [9.17, 15) is 0 Å². The highest BCUT2D eigenvalue weighted by atomic mass is 15.0. The van der Waals surface area contributed by atoms with Crippen molar-refractivity contribution in [3.63, 3.8) is 0 Å². The molecule has 4 aromatic carbocycles. The summed E-state index contributed by atoms with van der Waals surface area (Å²) in [5, 5.41) is 3.80. The Hall–Kier alpha value is -4.38. The quantitative estimate of drug-likeness (QED) is 0.337. The largest absolute Gasteiger partial charge is 0.373 e. The number of fused-ring (bicyclic) bond motifs is 10. The van der Waals surface area contributed by atoms with Gasteiger partial charge in [0.2, 0.25) is 0 Å². The number of hydrogen-bond donors (Lipinski definition) is 0. The zero-order chi connectivity index (χ0) is 21.3. The van der Waals surface area contributed by atoms with Crippen LogP contribution in [0.2, 0.25) is 0 Å². The third-order valence-corrected chi connectivity index (χ3v) is 7.65. The van der Waals surface area contributed by atoms with Crippen molar-refractivity contribution in [3.8, 4) is 16.8 Å². The summed E-state index contributed by atoms with van der Waals surface area (Å²) in [6.07, 6.45) is 3.64. The molecule has 0 saturated heterocycles. The Morgan fingerprint density at radius 3 is 2.48 bits per heavy atom. The van der Waals surface area contributed by atoms with Gasteiger partial charge in [-0.1, -0.05) is 66.7 Å². The van der Waals surface area contributed by atoms with Crippen molar-refractivity contribution in [1.82, 2.24) is 19.0 Å². The van der Waals surface area contributed by atoms with Crippen LogP contribution in [0.15, 0.2) is 91.4 Å². The molecule has 0 amide bonds. The molecular weight excluding hydrogens is 403 g/mol. The summed E-state index contributed by atoms with van der Waals surface area (Å²) in [5.74, 6) is 0. The van der Waals surface area contributed by atoms with Gasteiger partial charge in [0.05, 0.1) is 28.3 Å². The molecule has 0 unspecified atom stereocenters. The van der Waals surface area contributed by atoms with Crippen molar-refractivity contribution < 1.29 is 0 Å². The van der Waals surface area contributed by atoms with Crippen LogP contribution in [-0.4, -0.2) is 25.9 Å². The van der Waals surface area contributed by atoms with Gasteiger partial charge in [-0.25, -0.2) is 9.97 Å². The minimum Gasteiger partial charge on any atom is -0.373 e. The summed E-state index contributed by atoms with van der Waals surface area (Å²) >= 11 is 0. The normalized spacial score (nSPS) is 13.4. The molecule has 5 heterocycles. The molecule has 2 aliphatic heterocycles. The smallest absolute Gasteiger partial charge is 0.333 e. The average Bonchev–Trinajstić information content (AvgIpc) is 3.39. The first-order valence-corrected chi connectivity index (χ1v) is 11.3. The van der Waals surface area contributed by atoms with E-state index in [4.69, 9.17) is 4.98 Å². The van der Waals surface area contributed by atoms with Crippen LogP contribution in [0, 0.1) is 0 Å². The molecule has 0 aliphatic carbocycles. The second-order valence-corrected chi connectivity index (χ2v) is 9.07. The van der Waals surface area contributed by atoms with Gasteiger partial charge in [-0.05, 0) is 28.6 Å². The minimum atomic E-state index is 0.0811. The molecule has 3 aromatic heterocycles. The minimum absolute atomic E-state index is 0.0811. The Morgan fingerprint density at radius 1 is 0.667 bits per heavy atom. The zero-order valence-electron chi connectivity index (χ0n) is 17.5. The monoisotopic (exact) mass is 418 g/mol. The van der Waals surface area contributed by atoms with E-state index in [1.54, 1.807) is 6.33 Å². The maximum Gasteiger partial charge on any atom is 0.333 e. The lowest BCUT2D eigenvalue weighted by atomic mass is 9.45. The Balaban J connectivity index is 1.60. The van der Waals surface area contributed by atoms with E-state index in [-0.39, 0.29) is 6.85 Å². The molecule has 0 spiro atoms. The number of rotatable bonds is 0. The first-order chi connectivity index (χ1) is 16.4. The second-order valence-electron chi connectivity index (χ2n) is 9.07. The van der Waals surface area contributed by atoms with Crippen LogP contribution in [0.3, 0.4) is 0 Å². The first kappa shape index (κ1) is 16.3. The lowest BCUT2D eigenvalue weighted by Gasteiger charge is -2.33. The molecule has 0 bridgehead atoms. The fourth-order valence-electron chi connectivity index (χ4n) is 6.52. The highest BCUT2D eigenvalue weighted by Gasteiger charge is 2.41. The van der Waals surface area contributed by atoms with E-state index in [1.165, 1.54) is 60.4 Å². The standard InChI is InChI=1S/C28H15BN4/c1-2-12-22-16(6-1)18-9-4-11-21-28(18)32(22)23-13-5-7-17-19-8-3-10-20-26-24(14-30-15-31-26)33(27(19)20)29(21)25(17)23/h1-15H. The Bertz CT molecular complexity index is 2000. The van der Waals surface area contributed by atoms with Crippen LogP contribution < -0.4 is 10.9 Å². The van der Waals surface area contributed by atoms with Gasteiger partial charge in [0.1, 0.15) is 6.33 Å². The molecule has 0 fully saturated rings. The maximum absolute atomic E-state index is 4.71. The number of aromatic nitrogens is 4. The molecule has 0 atom stereocenters. The predicted molar refractivity (Wildman–Crippen MR) is 135 cm³/mol. The van der Waals surface area contributed by atoms with Gasteiger partial charge >= 0.3 is 6.85 Å². The molecular formula is C28H15BN4. The molecule has 0 radical (unpaired) electrons. The lowest BCUT2D eigenvalue weighted by molar-refractivity contribution is 1.17. The van der Waals surface area contributed by atoms with E-state index in [0.717, 1.165) is 11.0 Å². The third-order valence-electron chi connectivity index (χ3n) is 7.65. The first-order valence-electron chi connectivity index (χ1n) is 11.3. The molecule has 0 saturated carbocycles. The van der Waals surface area contributed by atoms with Crippen molar-refractivity contribution in [1.29, 1.82) is 0 Å². The highest BCUT2D eigenvalue weighted by molar-refractivity contribution is 6.90. The molecule has 33 heavy (non-hydrogen) atoms. The third kappa shape index (κ3) is 1.69. The number of nitrogens with zero attached hydrogens (tertiary/aromatic N) is 4. The van der Waals surface area contributed by atoms with Gasteiger partial charge in [0.15, 0.2) is 0 Å².